The highest BCUT2D eigenvalue weighted by Crippen LogP contribution is 2.35. The fourth-order valence-electron chi connectivity index (χ4n) is 4.30. The Labute approximate surface area is 164 Å². The van der Waals surface area contributed by atoms with E-state index in [9.17, 15) is 4.79 Å². The summed E-state index contributed by atoms with van der Waals surface area (Å²) in [6, 6.07) is 5.63. The highest BCUT2D eigenvalue weighted by molar-refractivity contribution is 5.75. The largest absolute Gasteiger partial charge is 0.462 e. The Morgan fingerprint density at radius 2 is 1.44 bits per heavy atom. The molecule has 0 unspecified atom stereocenters. The Balaban J connectivity index is 1.55. The Bertz CT molecular complexity index is 662. The molecule has 0 amide bonds. The molecule has 3 heteroatoms. The number of rotatable bonds is 5. The van der Waals surface area contributed by atoms with Crippen molar-refractivity contribution in [2.45, 2.75) is 72.1 Å². The lowest BCUT2D eigenvalue weighted by atomic mass is 9.82. The van der Waals surface area contributed by atoms with Crippen molar-refractivity contribution in [2.24, 2.45) is 23.7 Å². The second-order valence-corrected chi connectivity index (χ2v) is 8.83. The van der Waals surface area contributed by atoms with Crippen LogP contribution in [-0.4, -0.2) is 5.97 Å². The third-order valence-electron chi connectivity index (χ3n) is 6.43. The monoisotopic (exact) mass is 370 g/mol. The summed E-state index contributed by atoms with van der Waals surface area (Å²) in [7, 11) is 0. The van der Waals surface area contributed by atoms with Crippen LogP contribution in [0.5, 0.6) is 11.5 Å². The van der Waals surface area contributed by atoms with E-state index in [4.69, 9.17) is 9.47 Å². The Hall–Kier alpha value is -1.77. The SMILES string of the molecule is C=C(Oc1ccc(OC(=O)C2CCC(C)CC2)cc1C)C1CCC(C)CC1. The first-order valence-electron chi connectivity index (χ1n) is 10.6. The zero-order valence-corrected chi connectivity index (χ0v) is 17.1. The highest BCUT2D eigenvalue weighted by atomic mass is 16.5. The van der Waals surface area contributed by atoms with E-state index in [1.807, 2.05) is 25.1 Å². The van der Waals surface area contributed by atoms with Crippen LogP contribution in [0.25, 0.3) is 0 Å². The standard InChI is InChI=1S/C24H34O3/c1-16-5-9-20(10-6-16)19(4)26-23-14-13-22(15-18(23)3)27-24(25)21-11-7-17(2)8-12-21/h13-17,20-21H,4-12H2,1-3H3. The topological polar surface area (TPSA) is 35.5 Å². The van der Waals surface area contributed by atoms with Gasteiger partial charge in [0.15, 0.2) is 0 Å². The molecule has 0 heterocycles. The van der Waals surface area contributed by atoms with Crippen LogP contribution >= 0.6 is 0 Å². The van der Waals surface area contributed by atoms with Crippen molar-refractivity contribution in [1.29, 1.82) is 0 Å². The van der Waals surface area contributed by atoms with Crippen LogP contribution in [0.4, 0.5) is 0 Å². The van der Waals surface area contributed by atoms with E-state index in [1.54, 1.807) is 0 Å². The van der Waals surface area contributed by atoms with Gasteiger partial charge in [-0.3, -0.25) is 4.79 Å². The van der Waals surface area contributed by atoms with Crippen molar-refractivity contribution in [2.75, 3.05) is 0 Å². The van der Waals surface area contributed by atoms with Gasteiger partial charge >= 0.3 is 5.97 Å². The Morgan fingerprint density at radius 1 is 0.889 bits per heavy atom. The summed E-state index contributed by atoms with van der Waals surface area (Å²) in [6.45, 7) is 10.7. The lowest BCUT2D eigenvalue weighted by Crippen LogP contribution is -2.25. The van der Waals surface area contributed by atoms with Gasteiger partial charge in [-0.25, -0.2) is 0 Å². The predicted octanol–water partition coefficient (Wildman–Crippen LogP) is 6.45. The minimum absolute atomic E-state index is 0.0471. The van der Waals surface area contributed by atoms with Crippen molar-refractivity contribution in [1.82, 2.24) is 0 Å². The molecule has 1 aromatic carbocycles. The molecule has 0 spiro atoms. The van der Waals surface area contributed by atoms with Gasteiger partial charge in [-0.1, -0.05) is 33.3 Å². The van der Waals surface area contributed by atoms with Crippen LogP contribution in [0.1, 0.15) is 70.8 Å². The molecule has 0 radical (unpaired) electrons. The molecule has 27 heavy (non-hydrogen) atoms. The van der Waals surface area contributed by atoms with Gasteiger partial charge in [0, 0.05) is 5.92 Å². The number of aryl methyl sites for hydroxylation is 1. The molecule has 1 aromatic rings. The smallest absolute Gasteiger partial charge is 0.314 e. The number of allylic oxidation sites excluding steroid dienone is 1. The van der Waals surface area contributed by atoms with E-state index < -0.39 is 0 Å². The van der Waals surface area contributed by atoms with Crippen molar-refractivity contribution >= 4 is 5.97 Å². The van der Waals surface area contributed by atoms with Gasteiger partial charge in [-0.05, 0) is 81.0 Å². The summed E-state index contributed by atoms with van der Waals surface area (Å²) in [6.07, 6.45) is 8.95. The number of carbonyl (C=O) groups is 1. The van der Waals surface area contributed by atoms with E-state index in [0.717, 1.165) is 67.4 Å². The molecule has 0 atom stereocenters. The van der Waals surface area contributed by atoms with Gasteiger partial charge in [0.1, 0.15) is 17.3 Å². The number of benzene rings is 1. The second kappa shape index (κ2) is 8.95. The fourth-order valence-corrected chi connectivity index (χ4v) is 4.30. The minimum atomic E-state index is -0.0873. The number of hydrogen-bond acceptors (Lipinski definition) is 3. The quantitative estimate of drug-likeness (QED) is 0.339. The van der Waals surface area contributed by atoms with Gasteiger partial charge in [0.2, 0.25) is 0 Å². The summed E-state index contributed by atoms with van der Waals surface area (Å²) in [5, 5.41) is 0. The molecule has 3 rings (SSSR count). The van der Waals surface area contributed by atoms with Crippen LogP contribution in [0.2, 0.25) is 0 Å². The Morgan fingerprint density at radius 3 is 2.00 bits per heavy atom. The molecule has 2 aliphatic rings. The average Bonchev–Trinajstić information content (AvgIpc) is 2.65. The summed E-state index contributed by atoms with van der Waals surface area (Å²) in [4.78, 5) is 12.4. The van der Waals surface area contributed by atoms with Gasteiger partial charge in [0.25, 0.3) is 0 Å². The maximum absolute atomic E-state index is 12.4. The van der Waals surface area contributed by atoms with Crippen molar-refractivity contribution < 1.29 is 14.3 Å². The van der Waals surface area contributed by atoms with Gasteiger partial charge in [-0.15, -0.1) is 0 Å². The van der Waals surface area contributed by atoms with E-state index in [-0.39, 0.29) is 11.9 Å². The summed E-state index contributed by atoms with van der Waals surface area (Å²) >= 11 is 0. The molecule has 3 nitrogen and oxygen atoms in total. The van der Waals surface area contributed by atoms with Crippen LogP contribution in [0.15, 0.2) is 30.5 Å². The van der Waals surface area contributed by atoms with E-state index >= 15 is 0 Å². The van der Waals surface area contributed by atoms with Crippen LogP contribution in [0.3, 0.4) is 0 Å². The number of hydrogen-bond donors (Lipinski definition) is 0. The molecule has 2 fully saturated rings. The molecule has 148 valence electrons. The summed E-state index contributed by atoms with van der Waals surface area (Å²) < 4.78 is 11.7. The van der Waals surface area contributed by atoms with E-state index in [2.05, 4.69) is 20.4 Å². The van der Waals surface area contributed by atoms with Crippen molar-refractivity contribution in [3.8, 4) is 11.5 Å². The van der Waals surface area contributed by atoms with Crippen molar-refractivity contribution in [3.05, 3.63) is 36.1 Å². The zero-order valence-electron chi connectivity index (χ0n) is 17.1. The highest BCUT2D eigenvalue weighted by Gasteiger charge is 2.26. The maximum atomic E-state index is 12.4. The molecule has 0 bridgehead atoms. The summed E-state index contributed by atoms with van der Waals surface area (Å²) in [5.41, 5.74) is 0.975. The first-order valence-corrected chi connectivity index (χ1v) is 10.6. The minimum Gasteiger partial charge on any atom is -0.462 e. The van der Waals surface area contributed by atoms with Crippen LogP contribution < -0.4 is 9.47 Å². The fraction of sp³-hybridized carbons (Fsp3) is 0.625. The molecule has 2 saturated carbocycles. The lowest BCUT2D eigenvalue weighted by molar-refractivity contribution is -0.140. The first kappa shape index (κ1) is 20.0. The first-order chi connectivity index (χ1) is 12.9. The normalized spacial score (nSPS) is 28.4. The van der Waals surface area contributed by atoms with Crippen molar-refractivity contribution in [3.63, 3.8) is 0 Å². The molecule has 2 aliphatic carbocycles. The molecule has 0 N–H and O–H groups in total. The Kier molecular flexibility index (Phi) is 6.62. The van der Waals surface area contributed by atoms with Gasteiger partial charge in [-0.2, -0.15) is 0 Å². The van der Waals surface area contributed by atoms with E-state index in [1.165, 1.54) is 12.8 Å². The summed E-state index contributed by atoms with van der Waals surface area (Å²) in [5.74, 6) is 4.25. The number of esters is 1. The maximum Gasteiger partial charge on any atom is 0.314 e. The predicted molar refractivity (Wildman–Crippen MR) is 109 cm³/mol. The third kappa shape index (κ3) is 5.37. The molecular formula is C24H34O3. The van der Waals surface area contributed by atoms with Crippen LogP contribution in [0, 0.1) is 30.6 Å². The second-order valence-electron chi connectivity index (χ2n) is 8.83. The zero-order chi connectivity index (χ0) is 19.4. The number of carbonyl (C=O) groups excluding carboxylic acids is 1. The number of ether oxygens (including phenoxy) is 2. The molecule has 0 aromatic heterocycles. The lowest BCUT2D eigenvalue weighted by Gasteiger charge is -2.27. The third-order valence-corrected chi connectivity index (χ3v) is 6.43. The molecular weight excluding hydrogens is 336 g/mol. The average molecular weight is 371 g/mol. The van der Waals surface area contributed by atoms with Gasteiger partial charge < -0.3 is 9.47 Å². The molecule has 0 saturated heterocycles. The van der Waals surface area contributed by atoms with Crippen LogP contribution in [-0.2, 0) is 4.79 Å². The van der Waals surface area contributed by atoms with Gasteiger partial charge in [0.05, 0.1) is 5.92 Å². The van der Waals surface area contributed by atoms with E-state index in [0.29, 0.717) is 11.7 Å². The molecule has 0 aliphatic heterocycles.